The second-order valence-corrected chi connectivity index (χ2v) is 8.24. The molecule has 0 fully saturated rings. The van der Waals surface area contributed by atoms with Gasteiger partial charge in [0.2, 0.25) is 10.0 Å². The van der Waals surface area contributed by atoms with Gasteiger partial charge in [-0.1, -0.05) is 29.8 Å². The summed E-state index contributed by atoms with van der Waals surface area (Å²) in [6, 6.07) is 14.2. The van der Waals surface area contributed by atoms with E-state index in [-0.39, 0.29) is 12.3 Å². The van der Waals surface area contributed by atoms with Crippen LogP contribution in [0.1, 0.15) is 17.2 Å². The summed E-state index contributed by atoms with van der Waals surface area (Å²) >= 11 is 5.87. The lowest BCUT2D eigenvalue weighted by atomic mass is 10.1. The highest BCUT2D eigenvalue weighted by Gasteiger charge is 2.16. The van der Waals surface area contributed by atoms with Crippen LogP contribution >= 0.6 is 11.6 Å². The molecule has 1 heterocycles. The van der Waals surface area contributed by atoms with Crippen LogP contribution in [0.25, 0.3) is 10.9 Å². The molecule has 3 aromatic rings. The standard InChI is InChI=1S/C18H19ClN2O3S/c1-21-8-7-14-10-15(5-6-17(14)21)18(22)11-20-25(23,24)12-13-3-2-4-16(19)9-13/h2-10,18,20,22H,11-12H2,1H3. The SMILES string of the molecule is Cn1ccc2cc(C(O)CNS(=O)(=O)Cc3cccc(Cl)c3)ccc21. The minimum Gasteiger partial charge on any atom is -0.387 e. The number of halogens is 1. The van der Waals surface area contributed by atoms with E-state index in [1.165, 1.54) is 0 Å². The van der Waals surface area contributed by atoms with E-state index in [1.54, 1.807) is 30.3 Å². The molecule has 1 atom stereocenters. The lowest BCUT2D eigenvalue weighted by Crippen LogP contribution is -2.29. The van der Waals surface area contributed by atoms with Crippen molar-refractivity contribution in [2.24, 2.45) is 7.05 Å². The molecule has 1 aromatic heterocycles. The topological polar surface area (TPSA) is 71.3 Å². The highest BCUT2D eigenvalue weighted by Crippen LogP contribution is 2.21. The maximum Gasteiger partial charge on any atom is 0.215 e. The maximum atomic E-state index is 12.2. The third-order valence-electron chi connectivity index (χ3n) is 4.04. The molecule has 1 unspecified atom stereocenters. The second kappa shape index (κ2) is 7.17. The van der Waals surface area contributed by atoms with Crippen molar-refractivity contribution in [2.45, 2.75) is 11.9 Å². The van der Waals surface area contributed by atoms with Crippen LogP contribution < -0.4 is 4.72 Å². The van der Waals surface area contributed by atoms with Crippen molar-refractivity contribution < 1.29 is 13.5 Å². The van der Waals surface area contributed by atoms with Crippen molar-refractivity contribution >= 4 is 32.5 Å². The van der Waals surface area contributed by atoms with Crippen molar-refractivity contribution in [3.8, 4) is 0 Å². The number of hydrogen-bond donors (Lipinski definition) is 2. The Labute approximate surface area is 151 Å². The van der Waals surface area contributed by atoms with Crippen molar-refractivity contribution in [1.29, 1.82) is 0 Å². The summed E-state index contributed by atoms with van der Waals surface area (Å²) in [6.45, 7) is -0.0821. The molecule has 2 N–H and O–H groups in total. The predicted octanol–water partition coefficient (Wildman–Crippen LogP) is 2.98. The van der Waals surface area contributed by atoms with Crippen LogP contribution in [0.2, 0.25) is 5.02 Å². The Balaban J connectivity index is 1.66. The Hall–Kier alpha value is -1.86. The molecule has 0 radical (unpaired) electrons. The van der Waals surface area contributed by atoms with Gasteiger partial charge in [0.05, 0.1) is 11.9 Å². The molecule has 0 aliphatic rings. The monoisotopic (exact) mass is 378 g/mol. The van der Waals surface area contributed by atoms with E-state index in [0.717, 1.165) is 10.9 Å². The summed E-state index contributed by atoms with van der Waals surface area (Å²) in [5.41, 5.74) is 2.32. The molecule has 7 heteroatoms. The maximum absolute atomic E-state index is 12.2. The molecular weight excluding hydrogens is 360 g/mol. The zero-order valence-electron chi connectivity index (χ0n) is 13.7. The van der Waals surface area contributed by atoms with Crippen LogP contribution in [0.5, 0.6) is 0 Å². The van der Waals surface area contributed by atoms with E-state index < -0.39 is 16.1 Å². The van der Waals surface area contributed by atoms with Crippen LogP contribution in [0, 0.1) is 0 Å². The molecule has 0 amide bonds. The fourth-order valence-electron chi connectivity index (χ4n) is 2.73. The van der Waals surface area contributed by atoms with Crippen LogP contribution in [0.3, 0.4) is 0 Å². The van der Waals surface area contributed by atoms with Gasteiger partial charge >= 0.3 is 0 Å². The highest BCUT2D eigenvalue weighted by molar-refractivity contribution is 7.88. The van der Waals surface area contributed by atoms with Crippen molar-refractivity contribution in [1.82, 2.24) is 9.29 Å². The van der Waals surface area contributed by atoms with Crippen LogP contribution in [-0.2, 0) is 22.8 Å². The van der Waals surface area contributed by atoms with E-state index >= 15 is 0 Å². The number of aliphatic hydroxyl groups is 1. The number of hydrogen-bond acceptors (Lipinski definition) is 3. The minimum absolute atomic E-state index is 0.0821. The molecule has 0 aliphatic carbocycles. The van der Waals surface area contributed by atoms with Crippen LogP contribution in [-0.4, -0.2) is 24.6 Å². The van der Waals surface area contributed by atoms with E-state index in [2.05, 4.69) is 4.72 Å². The van der Waals surface area contributed by atoms with Gasteiger partial charge in [0.25, 0.3) is 0 Å². The molecule has 5 nitrogen and oxygen atoms in total. The number of aromatic nitrogens is 1. The molecule has 25 heavy (non-hydrogen) atoms. The molecule has 0 saturated heterocycles. The van der Waals surface area contributed by atoms with Crippen molar-refractivity contribution in [3.63, 3.8) is 0 Å². The molecule has 3 rings (SSSR count). The van der Waals surface area contributed by atoms with Crippen molar-refractivity contribution in [2.75, 3.05) is 6.54 Å². The fraction of sp³-hybridized carbons (Fsp3) is 0.222. The average molecular weight is 379 g/mol. The van der Waals surface area contributed by atoms with Gasteiger partial charge in [0, 0.05) is 30.3 Å². The smallest absolute Gasteiger partial charge is 0.215 e. The summed E-state index contributed by atoms with van der Waals surface area (Å²) in [7, 11) is -1.62. The third kappa shape index (κ3) is 4.41. The summed E-state index contributed by atoms with van der Waals surface area (Å²) in [5, 5.41) is 11.8. The van der Waals surface area contributed by atoms with Gasteiger partial charge < -0.3 is 9.67 Å². The Morgan fingerprint density at radius 2 is 2.00 bits per heavy atom. The number of nitrogens with zero attached hydrogens (tertiary/aromatic N) is 1. The lowest BCUT2D eigenvalue weighted by Gasteiger charge is -2.13. The highest BCUT2D eigenvalue weighted by atomic mass is 35.5. The van der Waals surface area contributed by atoms with E-state index in [1.807, 2.05) is 36.0 Å². The zero-order chi connectivity index (χ0) is 18.0. The molecule has 0 spiro atoms. The van der Waals surface area contributed by atoms with Crippen LogP contribution in [0.4, 0.5) is 0 Å². The first-order valence-corrected chi connectivity index (χ1v) is 9.82. The van der Waals surface area contributed by atoms with Gasteiger partial charge in [0.1, 0.15) is 0 Å². The van der Waals surface area contributed by atoms with Gasteiger partial charge in [-0.05, 0) is 46.8 Å². The molecule has 0 bridgehead atoms. The fourth-order valence-corrected chi connectivity index (χ4v) is 4.07. The molecule has 0 aliphatic heterocycles. The minimum atomic E-state index is -3.57. The van der Waals surface area contributed by atoms with Gasteiger partial charge in [-0.2, -0.15) is 0 Å². The largest absolute Gasteiger partial charge is 0.387 e. The summed E-state index contributed by atoms with van der Waals surface area (Å²) < 4.78 is 28.8. The summed E-state index contributed by atoms with van der Waals surface area (Å²) in [6.07, 6.45) is 1.02. The van der Waals surface area contributed by atoms with Gasteiger partial charge in [0.15, 0.2) is 0 Å². The Kier molecular flexibility index (Phi) is 5.15. The molecule has 0 saturated carbocycles. The predicted molar refractivity (Wildman–Crippen MR) is 100.0 cm³/mol. The third-order valence-corrected chi connectivity index (χ3v) is 5.59. The zero-order valence-corrected chi connectivity index (χ0v) is 15.3. The first-order valence-electron chi connectivity index (χ1n) is 7.79. The number of aliphatic hydroxyl groups excluding tert-OH is 1. The van der Waals surface area contributed by atoms with E-state index in [0.29, 0.717) is 16.1 Å². The van der Waals surface area contributed by atoms with Gasteiger partial charge in [-0.15, -0.1) is 0 Å². The van der Waals surface area contributed by atoms with Crippen LogP contribution in [0.15, 0.2) is 54.7 Å². The number of sulfonamides is 1. The average Bonchev–Trinajstić information content (AvgIpc) is 2.93. The van der Waals surface area contributed by atoms with Crippen molar-refractivity contribution in [3.05, 3.63) is 70.9 Å². The number of rotatable bonds is 6. The molecular formula is C18H19ClN2O3S. The Morgan fingerprint density at radius 1 is 1.20 bits per heavy atom. The van der Waals surface area contributed by atoms with Gasteiger partial charge in [-0.25, -0.2) is 13.1 Å². The quantitative estimate of drug-likeness (QED) is 0.692. The first kappa shape index (κ1) is 17.9. The number of aryl methyl sites for hydroxylation is 1. The number of fused-ring (bicyclic) bond motifs is 1. The molecule has 132 valence electrons. The Morgan fingerprint density at radius 3 is 2.76 bits per heavy atom. The number of nitrogens with one attached hydrogen (secondary N) is 1. The normalized spacial score (nSPS) is 13.2. The molecule has 2 aromatic carbocycles. The summed E-state index contributed by atoms with van der Waals surface area (Å²) in [4.78, 5) is 0. The first-order chi connectivity index (χ1) is 11.8. The Bertz CT molecular complexity index is 998. The van der Waals surface area contributed by atoms with Gasteiger partial charge in [-0.3, -0.25) is 0 Å². The van der Waals surface area contributed by atoms with E-state index in [9.17, 15) is 13.5 Å². The lowest BCUT2D eigenvalue weighted by molar-refractivity contribution is 0.182. The number of benzene rings is 2. The summed E-state index contributed by atoms with van der Waals surface area (Å²) in [5.74, 6) is -0.183. The van der Waals surface area contributed by atoms with E-state index in [4.69, 9.17) is 11.6 Å². The second-order valence-electron chi connectivity index (χ2n) is 6.00.